The van der Waals surface area contributed by atoms with Crippen molar-refractivity contribution in [3.63, 3.8) is 0 Å². The molecule has 0 unspecified atom stereocenters. The van der Waals surface area contributed by atoms with Gasteiger partial charge in [0.1, 0.15) is 18.8 Å². The maximum Gasteiger partial charge on any atom is 0.328 e. The molecule has 7 nitrogen and oxygen atoms in total. The Kier molecular flexibility index (Phi) is 7.88. The minimum absolute atomic E-state index is 0.0313. The Hall–Kier alpha value is -1.93. The summed E-state index contributed by atoms with van der Waals surface area (Å²) in [6.45, 7) is 4.43. The summed E-state index contributed by atoms with van der Waals surface area (Å²) < 4.78 is 13.0. The Balaban J connectivity index is 1.67. The number of rotatable bonds is 9. The fourth-order valence-corrected chi connectivity index (χ4v) is 3.82. The topological polar surface area (TPSA) is 71.8 Å². The lowest BCUT2D eigenvalue weighted by Gasteiger charge is -2.38. The zero-order valence-corrected chi connectivity index (χ0v) is 18.5. The van der Waals surface area contributed by atoms with E-state index in [0.29, 0.717) is 24.5 Å². The lowest BCUT2D eigenvalue weighted by Crippen LogP contribution is -2.45. The Labute approximate surface area is 182 Å². The summed E-state index contributed by atoms with van der Waals surface area (Å²) in [5.74, 6) is -0.347. The van der Waals surface area contributed by atoms with E-state index < -0.39 is 5.60 Å². The Bertz CT molecular complexity index is 823. The molecule has 0 radical (unpaired) electrons. The van der Waals surface area contributed by atoms with E-state index in [2.05, 4.69) is 5.10 Å². The van der Waals surface area contributed by atoms with Gasteiger partial charge in [-0.05, 0) is 57.7 Å². The third-order valence-electron chi connectivity index (χ3n) is 5.43. The maximum absolute atomic E-state index is 12.8. The van der Waals surface area contributed by atoms with Gasteiger partial charge in [-0.25, -0.2) is 9.78 Å². The molecule has 0 saturated heterocycles. The van der Waals surface area contributed by atoms with Gasteiger partial charge < -0.3 is 9.47 Å². The van der Waals surface area contributed by atoms with E-state index in [1.165, 1.54) is 0 Å². The summed E-state index contributed by atoms with van der Waals surface area (Å²) in [5, 5.41) is 5.23. The molecule has 1 aromatic heterocycles. The van der Waals surface area contributed by atoms with Crippen molar-refractivity contribution in [2.75, 3.05) is 20.3 Å². The highest BCUT2D eigenvalue weighted by Gasteiger charge is 2.40. The van der Waals surface area contributed by atoms with E-state index in [4.69, 9.17) is 30.8 Å². The van der Waals surface area contributed by atoms with Crippen molar-refractivity contribution in [1.82, 2.24) is 9.78 Å². The Morgan fingerprint density at radius 1 is 1.23 bits per heavy atom. The number of carbonyl (C=O) groups is 1. The quantitative estimate of drug-likeness (QED) is 0.252. The SMILES string of the molecule is CCOOCC1(OC(=O)Cn2nc(-c3ccc(Cl)cc3)cc2C)CCC(OC)CC1. The summed E-state index contributed by atoms with van der Waals surface area (Å²) in [5.41, 5.74) is 1.89. The van der Waals surface area contributed by atoms with Crippen LogP contribution in [0.25, 0.3) is 11.3 Å². The highest BCUT2D eigenvalue weighted by molar-refractivity contribution is 6.30. The van der Waals surface area contributed by atoms with Gasteiger partial charge in [-0.1, -0.05) is 23.7 Å². The first-order valence-electron chi connectivity index (χ1n) is 10.2. The number of hydrogen-bond donors (Lipinski definition) is 0. The van der Waals surface area contributed by atoms with Gasteiger partial charge in [-0.3, -0.25) is 9.48 Å². The summed E-state index contributed by atoms with van der Waals surface area (Å²) in [6, 6.07) is 9.38. The highest BCUT2D eigenvalue weighted by Crippen LogP contribution is 2.34. The molecule has 164 valence electrons. The molecule has 0 atom stereocenters. The monoisotopic (exact) mass is 436 g/mol. The number of esters is 1. The van der Waals surface area contributed by atoms with Crippen LogP contribution in [0.3, 0.4) is 0 Å². The van der Waals surface area contributed by atoms with Crippen molar-refractivity contribution < 1.29 is 24.0 Å². The number of carbonyl (C=O) groups excluding carboxylic acids is 1. The number of hydrogen-bond acceptors (Lipinski definition) is 6. The van der Waals surface area contributed by atoms with Crippen LogP contribution in [-0.4, -0.2) is 47.8 Å². The maximum atomic E-state index is 12.8. The molecule has 0 amide bonds. The first-order valence-corrected chi connectivity index (χ1v) is 10.6. The van der Waals surface area contributed by atoms with Gasteiger partial charge in [0, 0.05) is 23.4 Å². The van der Waals surface area contributed by atoms with Crippen LogP contribution < -0.4 is 0 Å². The van der Waals surface area contributed by atoms with Gasteiger partial charge in [0.2, 0.25) is 0 Å². The molecule has 1 aliphatic rings. The van der Waals surface area contributed by atoms with E-state index in [9.17, 15) is 4.79 Å². The zero-order valence-electron chi connectivity index (χ0n) is 17.7. The first-order chi connectivity index (χ1) is 14.4. The van der Waals surface area contributed by atoms with Crippen molar-refractivity contribution in [1.29, 1.82) is 0 Å². The fourth-order valence-electron chi connectivity index (χ4n) is 3.69. The second-order valence-electron chi connectivity index (χ2n) is 7.60. The third kappa shape index (κ3) is 5.82. The molecule has 1 heterocycles. The van der Waals surface area contributed by atoms with Crippen molar-refractivity contribution in [2.45, 2.75) is 57.8 Å². The number of aromatic nitrogens is 2. The lowest BCUT2D eigenvalue weighted by atomic mass is 9.83. The third-order valence-corrected chi connectivity index (χ3v) is 5.68. The van der Waals surface area contributed by atoms with Crippen LogP contribution in [0.1, 0.15) is 38.3 Å². The van der Waals surface area contributed by atoms with E-state index in [0.717, 1.165) is 29.8 Å². The predicted molar refractivity (Wildman–Crippen MR) is 113 cm³/mol. The minimum atomic E-state index is -0.707. The van der Waals surface area contributed by atoms with Gasteiger partial charge in [0.15, 0.2) is 0 Å². The van der Waals surface area contributed by atoms with E-state index in [-0.39, 0.29) is 25.2 Å². The second kappa shape index (κ2) is 10.4. The highest BCUT2D eigenvalue weighted by atomic mass is 35.5. The van der Waals surface area contributed by atoms with Crippen LogP contribution in [0, 0.1) is 6.92 Å². The molecule has 1 fully saturated rings. The van der Waals surface area contributed by atoms with Gasteiger partial charge in [-0.15, -0.1) is 0 Å². The molecule has 0 aliphatic heterocycles. The molecule has 3 rings (SSSR count). The number of ether oxygens (including phenoxy) is 2. The smallest absolute Gasteiger partial charge is 0.328 e. The van der Waals surface area contributed by atoms with Gasteiger partial charge >= 0.3 is 5.97 Å². The van der Waals surface area contributed by atoms with Crippen molar-refractivity contribution in [3.8, 4) is 11.3 Å². The van der Waals surface area contributed by atoms with E-state index >= 15 is 0 Å². The van der Waals surface area contributed by atoms with Gasteiger partial charge in [0.05, 0.1) is 18.4 Å². The average Bonchev–Trinajstić information content (AvgIpc) is 3.09. The summed E-state index contributed by atoms with van der Waals surface area (Å²) in [4.78, 5) is 23.1. The average molecular weight is 437 g/mol. The van der Waals surface area contributed by atoms with Crippen molar-refractivity contribution >= 4 is 17.6 Å². The van der Waals surface area contributed by atoms with Crippen LogP contribution in [0.15, 0.2) is 30.3 Å². The molecular formula is C22H29ClN2O5. The molecule has 1 saturated carbocycles. The van der Waals surface area contributed by atoms with Gasteiger partial charge in [0.25, 0.3) is 0 Å². The molecule has 0 bridgehead atoms. The molecule has 1 aromatic carbocycles. The Morgan fingerprint density at radius 3 is 2.57 bits per heavy atom. The molecule has 2 aromatic rings. The predicted octanol–water partition coefficient (Wildman–Crippen LogP) is 4.35. The van der Waals surface area contributed by atoms with E-state index in [1.54, 1.807) is 11.8 Å². The number of nitrogens with zero attached hydrogens (tertiary/aromatic N) is 2. The van der Waals surface area contributed by atoms with Gasteiger partial charge in [-0.2, -0.15) is 5.10 Å². The molecular weight excluding hydrogens is 408 g/mol. The molecule has 8 heteroatoms. The fraction of sp³-hybridized carbons (Fsp3) is 0.545. The van der Waals surface area contributed by atoms with Crippen LogP contribution in [0.2, 0.25) is 5.02 Å². The second-order valence-corrected chi connectivity index (χ2v) is 8.03. The number of aryl methyl sites for hydroxylation is 1. The van der Waals surface area contributed by atoms with Crippen LogP contribution in [0.4, 0.5) is 0 Å². The van der Waals surface area contributed by atoms with Crippen LogP contribution in [0.5, 0.6) is 0 Å². The largest absolute Gasteiger partial charge is 0.455 e. The number of methoxy groups -OCH3 is 1. The summed E-state index contributed by atoms with van der Waals surface area (Å²) in [7, 11) is 1.71. The molecule has 1 aliphatic carbocycles. The van der Waals surface area contributed by atoms with E-state index in [1.807, 2.05) is 44.2 Å². The summed E-state index contributed by atoms with van der Waals surface area (Å²) >= 11 is 5.96. The van der Waals surface area contributed by atoms with Crippen molar-refractivity contribution in [3.05, 3.63) is 41.0 Å². The number of benzene rings is 1. The minimum Gasteiger partial charge on any atom is -0.455 e. The Morgan fingerprint density at radius 2 is 1.93 bits per heavy atom. The first kappa shape index (κ1) is 22.7. The summed E-state index contributed by atoms with van der Waals surface area (Å²) in [6.07, 6.45) is 3.12. The van der Waals surface area contributed by atoms with Crippen LogP contribution in [-0.2, 0) is 30.6 Å². The molecule has 0 N–H and O–H groups in total. The standard InChI is InChI=1S/C22H29ClN2O5/c1-4-28-29-15-22(11-9-19(27-3)10-12-22)30-21(26)14-25-16(2)13-20(24-25)17-5-7-18(23)8-6-17/h5-8,13,19H,4,9-12,14-15H2,1-3H3. The normalized spacial score (nSPS) is 21.5. The molecule has 30 heavy (non-hydrogen) atoms. The molecule has 0 spiro atoms. The number of halogens is 1. The zero-order chi connectivity index (χ0) is 21.6. The van der Waals surface area contributed by atoms with Crippen LogP contribution >= 0.6 is 11.6 Å². The van der Waals surface area contributed by atoms with Crippen molar-refractivity contribution in [2.24, 2.45) is 0 Å². The lowest BCUT2D eigenvalue weighted by molar-refractivity contribution is -0.318.